The molecule has 1 aromatic carbocycles. The zero-order valence-electron chi connectivity index (χ0n) is 12.8. The minimum Gasteiger partial charge on any atom is -0.463 e. The van der Waals surface area contributed by atoms with Gasteiger partial charge in [0.1, 0.15) is 0 Å². The average molecular weight is 323 g/mol. The molecule has 0 saturated carbocycles. The second-order valence-electron chi connectivity index (χ2n) is 5.50. The molecule has 0 aliphatic heterocycles. The van der Waals surface area contributed by atoms with E-state index < -0.39 is 16.0 Å². The molecule has 0 amide bonds. The minimum atomic E-state index is -3.55. The van der Waals surface area contributed by atoms with Crippen LogP contribution in [0.5, 0.6) is 0 Å². The summed E-state index contributed by atoms with van der Waals surface area (Å²) in [6.45, 7) is 3.56. The predicted molar refractivity (Wildman–Crippen MR) is 85.5 cm³/mol. The molecule has 22 heavy (non-hydrogen) atoms. The maximum atomic E-state index is 12.3. The third-order valence-corrected chi connectivity index (χ3v) is 4.94. The third kappa shape index (κ3) is 4.42. The summed E-state index contributed by atoms with van der Waals surface area (Å²) < 4.78 is 32.0. The molecule has 6 heteroatoms. The number of carbonyl (C=O) groups excluding carboxylic acids is 1. The van der Waals surface area contributed by atoms with E-state index in [1.54, 1.807) is 19.9 Å². The van der Waals surface area contributed by atoms with Crippen LogP contribution in [0, 0.1) is 0 Å². The van der Waals surface area contributed by atoms with Crippen LogP contribution in [0.4, 0.5) is 0 Å². The van der Waals surface area contributed by atoms with Crippen LogP contribution >= 0.6 is 0 Å². The van der Waals surface area contributed by atoms with Gasteiger partial charge in [-0.15, -0.1) is 0 Å². The Morgan fingerprint density at radius 2 is 2.00 bits per heavy atom. The zero-order valence-corrected chi connectivity index (χ0v) is 13.7. The van der Waals surface area contributed by atoms with Crippen molar-refractivity contribution in [2.45, 2.75) is 39.2 Å². The summed E-state index contributed by atoms with van der Waals surface area (Å²) in [5.41, 5.74) is 2.09. The first-order valence-corrected chi connectivity index (χ1v) is 8.84. The van der Waals surface area contributed by atoms with Gasteiger partial charge in [-0.25, -0.2) is 13.1 Å². The number of sulfonamides is 1. The lowest BCUT2D eigenvalue weighted by Crippen LogP contribution is -2.29. The Bertz CT molecular complexity index is 677. The molecular weight excluding hydrogens is 302 g/mol. The van der Waals surface area contributed by atoms with Crippen LogP contribution in [0.25, 0.3) is 6.08 Å². The number of carbonyl (C=O) groups is 1. The van der Waals surface area contributed by atoms with E-state index in [1.165, 1.54) is 0 Å². The summed E-state index contributed by atoms with van der Waals surface area (Å²) in [6.07, 6.45) is 2.72. The van der Waals surface area contributed by atoms with E-state index >= 15 is 0 Å². The van der Waals surface area contributed by atoms with Crippen molar-refractivity contribution < 1.29 is 17.9 Å². The molecule has 0 bridgehead atoms. The van der Waals surface area contributed by atoms with E-state index in [0.717, 1.165) is 11.1 Å². The molecule has 0 radical (unpaired) electrons. The second-order valence-corrected chi connectivity index (χ2v) is 7.32. The Morgan fingerprint density at radius 3 is 2.73 bits per heavy atom. The number of allylic oxidation sites excluding steroid dienone is 1. The van der Waals surface area contributed by atoms with Crippen molar-refractivity contribution in [3.63, 3.8) is 0 Å². The number of hydrogen-bond acceptors (Lipinski definition) is 4. The van der Waals surface area contributed by atoms with Gasteiger partial charge < -0.3 is 4.74 Å². The Labute approximate surface area is 131 Å². The number of nitrogens with one attached hydrogen (secondary N) is 1. The van der Waals surface area contributed by atoms with Crippen LogP contribution < -0.4 is 4.72 Å². The number of esters is 1. The predicted octanol–water partition coefficient (Wildman–Crippen LogP) is 2.23. The van der Waals surface area contributed by atoms with Gasteiger partial charge in [0.05, 0.1) is 17.4 Å². The quantitative estimate of drug-likeness (QED) is 0.815. The van der Waals surface area contributed by atoms with Crippen LogP contribution in [0.2, 0.25) is 0 Å². The molecule has 5 nitrogen and oxygen atoms in total. The highest BCUT2D eigenvalue weighted by atomic mass is 32.2. The van der Waals surface area contributed by atoms with Crippen LogP contribution in [0.1, 0.15) is 37.8 Å². The lowest BCUT2D eigenvalue weighted by Gasteiger charge is -2.17. The molecular formula is C16H21NO4S. The number of rotatable bonds is 6. The number of aryl methyl sites for hydroxylation is 1. The van der Waals surface area contributed by atoms with E-state index in [9.17, 15) is 13.2 Å². The summed E-state index contributed by atoms with van der Waals surface area (Å²) in [6, 6.07) is 7.75. The maximum Gasteiger partial charge on any atom is 0.307 e. The standard InChI is InChI=1S/C16H21NO4S/c1-12(2)21-16(18)9-10-17-22(19,20)15-8-7-13-5-3-4-6-14(13)11-15/h3-6,11-12,17H,7-10H2,1-2H3. The van der Waals surface area contributed by atoms with Gasteiger partial charge >= 0.3 is 5.97 Å². The lowest BCUT2D eigenvalue weighted by molar-refractivity contribution is -0.147. The van der Waals surface area contributed by atoms with Gasteiger partial charge in [0.15, 0.2) is 0 Å². The first-order valence-electron chi connectivity index (χ1n) is 7.36. The van der Waals surface area contributed by atoms with Crippen LogP contribution in [-0.2, 0) is 26.0 Å². The number of benzene rings is 1. The highest BCUT2D eigenvalue weighted by Gasteiger charge is 2.21. The second kappa shape index (κ2) is 7.07. The zero-order chi connectivity index (χ0) is 16.2. The van der Waals surface area contributed by atoms with E-state index in [1.807, 2.05) is 24.3 Å². The van der Waals surface area contributed by atoms with Gasteiger partial charge in [-0.2, -0.15) is 0 Å². The lowest BCUT2D eigenvalue weighted by atomic mass is 9.98. The van der Waals surface area contributed by atoms with Crippen molar-refractivity contribution in [3.05, 3.63) is 40.3 Å². The molecule has 2 rings (SSSR count). The van der Waals surface area contributed by atoms with Crippen molar-refractivity contribution in [3.8, 4) is 0 Å². The number of hydrogen-bond donors (Lipinski definition) is 1. The van der Waals surface area contributed by atoms with Crippen LogP contribution in [0.3, 0.4) is 0 Å². The molecule has 0 unspecified atom stereocenters. The average Bonchev–Trinajstić information content (AvgIpc) is 2.45. The Hall–Kier alpha value is -1.66. The Balaban J connectivity index is 1.97. The van der Waals surface area contributed by atoms with Crippen LogP contribution in [0.15, 0.2) is 29.2 Å². The van der Waals surface area contributed by atoms with E-state index in [0.29, 0.717) is 17.7 Å². The van der Waals surface area contributed by atoms with Crippen LogP contribution in [-0.4, -0.2) is 27.0 Å². The fraction of sp³-hybridized carbons (Fsp3) is 0.438. The fourth-order valence-electron chi connectivity index (χ4n) is 2.32. The van der Waals surface area contributed by atoms with Crippen molar-refractivity contribution in [2.75, 3.05) is 6.54 Å². The van der Waals surface area contributed by atoms with Crippen molar-refractivity contribution in [1.82, 2.24) is 4.72 Å². The topological polar surface area (TPSA) is 72.5 Å². The van der Waals surface area contributed by atoms with Gasteiger partial charge in [0.25, 0.3) is 0 Å². The summed E-state index contributed by atoms with van der Waals surface area (Å²) in [5, 5.41) is 0. The molecule has 0 saturated heterocycles. The fourth-order valence-corrected chi connectivity index (χ4v) is 3.53. The normalized spacial score (nSPS) is 14.4. The van der Waals surface area contributed by atoms with Gasteiger partial charge in [0.2, 0.25) is 10.0 Å². The third-order valence-electron chi connectivity index (χ3n) is 3.35. The molecule has 0 spiro atoms. The highest BCUT2D eigenvalue weighted by Crippen LogP contribution is 2.26. The first kappa shape index (κ1) is 16.7. The Morgan fingerprint density at radius 1 is 1.27 bits per heavy atom. The van der Waals surface area contributed by atoms with Gasteiger partial charge in [0, 0.05) is 6.54 Å². The molecule has 1 aliphatic rings. The Kier molecular flexibility index (Phi) is 5.37. The summed E-state index contributed by atoms with van der Waals surface area (Å²) in [4.78, 5) is 11.8. The van der Waals surface area contributed by atoms with Gasteiger partial charge in [-0.1, -0.05) is 24.3 Å². The van der Waals surface area contributed by atoms with Crippen molar-refractivity contribution in [2.24, 2.45) is 0 Å². The monoisotopic (exact) mass is 323 g/mol. The number of fused-ring (bicyclic) bond motifs is 1. The highest BCUT2D eigenvalue weighted by molar-refractivity contribution is 7.93. The number of ether oxygens (including phenoxy) is 1. The smallest absolute Gasteiger partial charge is 0.307 e. The molecule has 120 valence electrons. The molecule has 1 aromatic rings. The minimum absolute atomic E-state index is 0.0290. The van der Waals surface area contributed by atoms with Gasteiger partial charge in [-0.3, -0.25) is 4.79 Å². The molecule has 0 atom stereocenters. The summed E-state index contributed by atoms with van der Waals surface area (Å²) in [5.74, 6) is -0.402. The molecule has 0 aromatic heterocycles. The molecule has 0 heterocycles. The SMILES string of the molecule is CC(C)OC(=O)CCNS(=O)(=O)C1=Cc2ccccc2CC1. The summed E-state index contributed by atoms with van der Waals surface area (Å²) >= 11 is 0. The first-order chi connectivity index (χ1) is 10.4. The molecule has 1 aliphatic carbocycles. The van der Waals surface area contributed by atoms with E-state index in [2.05, 4.69) is 4.72 Å². The van der Waals surface area contributed by atoms with E-state index in [-0.39, 0.29) is 19.1 Å². The summed E-state index contributed by atoms with van der Waals surface area (Å²) in [7, 11) is -3.55. The largest absolute Gasteiger partial charge is 0.463 e. The molecule has 1 N–H and O–H groups in total. The van der Waals surface area contributed by atoms with Crippen molar-refractivity contribution in [1.29, 1.82) is 0 Å². The van der Waals surface area contributed by atoms with E-state index in [4.69, 9.17) is 4.74 Å². The van der Waals surface area contributed by atoms with Crippen molar-refractivity contribution >= 4 is 22.1 Å². The molecule has 0 fully saturated rings. The van der Waals surface area contributed by atoms with Gasteiger partial charge in [-0.05, 0) is 43.9 Å². The maximum absolute atomic E-state index is 12.3.